The molecule has 1 amide bonds. The number of rotatable bonds is 1. The average molecular weight is 289 g/mol. The standard InChI is InChI=1S/C13H14F3NOS/c14-13(15,16)12(18)17-7-5-10(6-8-17)9-1-3-11(19)4-2-9/h1-4,10,19H,5-8H2. The van der Waals surface area contributed by atoms with Gasteiger partial charge in [0.05, 0.1) is 0 Å². The SMILES string of the molecule is O=C(N1CCC(c2ccc(S)cc2)CC1)C(F)(F)F. The third-order valence-electron chi connectivity index (χ3n) is 3.39. The van der Waals surface area contributed by atoms with Crippen molar-refractivity contribution in [2.75, 3.05) is 13.1 Å². The molecule has 0 aromatic heterocycles. The number of likely N-dealkylation sites (tertiary alicyclic amines) is 1. The molecule has 19 heavy (non-hydrogen) atoms. The summed E-state index contributed by atoms with van der Waals surface area (Å²) < 4.78 is 36.9. The molecule has 2 rings (SSSR count). The van der Waals surface area contributed by atoms with Gasteiger partial charge in [-0.3, -0.25) is 4.79 Å². The van der Waals surface area contributed by atoms with E-state index in [-0.39, 0.29) is 19.0 Å². The number of alkyl halides is 3. The zero-order chi connectivity index (χ0) is 14.0. The van der Waals surface area contributed by atoms with Crippen molar-refractivity contribution in [1.29, 1.82) is 0 Å². The molecule has 1 heterocycles. The average Bonchev–Trinajstić information content (AvgIpc) is 2.38. The molecule has 0 aliphatic carbocycles. The summed E-state index contributed by atoms with van der Waals surface area (Å²) in [7, 11) is 0. The molecule has 1 aliphatic heterocycles. The Labute approximate surface area is 115 Å². The molecular weight excluding hydrogens is 275 g/mol. The molecule has 0 spiro atoms. The second kappa shape index (κ2) is 5.45. The first-order valence-corrected chi connectivity index (χ1v) is 6.47. The summed E-state index contributed by atoms with van der Waals surface area (Å²) in [5, 5.41) is 0. The van der Waals surface area contributed by atoms with Crippen LogP contribution in [0.5, 0.6) is 0 Å². The highest BCUT2D eigenvalue weighted by atomic mass is 32.1. The van der Waals surface area contributed by atoms with Crippen LogP contribution in [0.3, 0.4) is 0 Å². The van der Waals surface area contributed by atoms with Gasteiger partial charge in [0.2, 0.25) is 0 Å². The summed E-state index contributed by atoms with van der Waals surface area (Å²) in [6.45, 7) is 0.317. The quantitative estimate of drug-likeness (QED) is 0.787. The van der Waals surface area contributed by atoms with Crippen LogP contribution in [0.25, 0.3) is 0 Å². The van der Waals surface area contributed by atoms with E-state index >= 15 is 0 Å². The van der Waals surface area contributed by atoms with E-state index in [1.807, 2.05) is 24.3 Å². The van der Waals surface area contributed by atoms with Gasteiger partial charge in [-0.25, -0.2) is 0 Å². The molecule has 2 nitrogen and oxygen atoms in total. The van der Waals surface area contributed by atoms with Gasteiger partial charge in [-0.1, -0.05) is 12.1 Å². The first-order chi connectivity index (χ1) is 8.88. The first kappa shape index (κ1) is 14.2. The maximum Gasteiger partial charge on any atom is 0.471 e. The Hall–Kier alpha value is -1.17. The highest BCUT2D eigenvalue weighted by molar-refractivity contribution is 7.80. The topological polar surface area (TPSA) is 20.3 Å². The van der Waals surface area contributed by atoms with Gasteiger partial charge < -0.3 is 4.90 Å². The van der Waals surface area contributed by atoms with Crippen molar-refractivity contribution in [1.82, 2.24) is 4.90 Å². The van der Waals surface area contributed by atoms with Gasteiger partial charge in [0, 0.05) is 18.0 Å². The molecule has 0 saturated carbocycles. The molecule has 1 aliphatic rings. The van der Waals surface area contributed by atoms with Crippen LogP contribution in [0.2, 0.25) is 0 Å². The van der Waals surface area contributed by atoms with E-state index in [0.29, 0.717) is 12.8 Å². The van der Waals surface area contributed by atoms with Crippen molar-refractivity contribution < 1.29 is 18.0 Å². The molecule has 1 fully saturated rings. The summed E-state index contributed by atoms with van der Waals surface area (Å²) >= 11 is 4.19. The van der Waals surface area contributed by atoms with E-state index in [1.54, 1.807) is 0 Å². The van der Waals surface area contributed by atoms with Crippen LogP contribution in [0, 0.1) is 0 Å². The predicted octanol–water partition coefficient (Wildman–Crippen LogP) is 3.24. The van der Waals surface area contributed by atoms with Gasteiger partial charge in [0.1, 0.15) is 0 Å². The van der Waals surface area contributed by atoms with Crippen molar-refractivity contribution >= 4 is 18.5 Å². The summed E-state index contributed by atoms with van der Waals surface area (Å²) in [4.78, 5) is 12.8. The molecule has 1 aromatic rings. The van der Waals surface area contributed by atoms with Crippen LogP contribution in [0.15, 0.2) is 29.2 Å². The fourth-order valence-electron chi connectivity index (χ4n) is 2.34. The number of benzene rings is 1. The van der Waals surface area contributed by atoms with Crippen LogP contribution in [0.1, 0.15) is 24.3 Å². The summed E-state index contributed by atoms with van der Waals surface area (Å²) in [5.41, 5.74) is 1.09. The Morgan fingerprint density at radius 1 is 1.16 bits per heavy atom. The third kappa shape index (κ3) is 3.43. The monoisotopic (exact) mass is 289 g/mol. The zero-order valence-corrected chi connectivity index (χ0v) is 11.0. The molecule has 1 saturated heterocycles. The van der Waals surface area contributed by atoms with Gasteiger partial charge in [0.15, 0.2) is 0 Å². The first-order valence-electron chi connectivity index (χ1n) is 6.03. The molecular formula is C13H14F3NOS. The molecule has 0 atom stereocenters. The van der Waals surface area contributed by atoms with Gasteiger partial charge in [0.25, 0.3) is 0 Å². The van der Waals surface area contributed by atoms with Crippen LogP contribution >= 0.6 is 12.6 Å². The maximum atomic E-state index is 12.3. The summed E-state index contributed by atoms with van der Waals surface area (Å²) in [6.07, 6.45) is -3.64. The van der Waals surface area contributed by atoms with E-state index in [0.717, 1.165) is 15.4 Å². The number of amides is 1. The van der Waals surface area contributed by atoms with Crippen molar-refractivity contribution in [3.05, 3.63) is 29.8 Å². The zero-order valence-electron chi connectivity index (χ0n) is 10.2. The van der Waals surface area contributed by atoms with Gasteiger partial charge >= 0.3 is 12.1 Å². The number of piperidine rings is 1. The van der Waals surface area contributed by atoms with Crippen molar-refractivity contribution in [3.63, 3.8) is 0 Å². The van der Waals surface area contributed by atoms with E-state index in [9.17, 15) is 18.0 Å². The highest BCUT2D eigenvalue weighted by Crippen LogP contribution is 2.30. The van der Waals surface area contributed by atoms with Crippen LogP contribution < -0.4 is 0 Å². The van der Waals surface area contributed by atoms with Gasteiger partial charge in [-0.15, -0.1) is 12.6 Å². The highest BCUT2D eigenvalue weighted by Gasteiger charge is 2.43. The molecule has 6 heteroatoms. The largest absolute Gasteiger partial charge is 0.471 e. The molecule has 1 aromatic carbocycles. The van der Waals surface area contributed by atoms with Gasteiger partial charge in [-0.2, -0.15) is 13.2 Å². The summed E-state index contributed by atoms with van der Waals surface area (Å²) in [6, 6.07) is 7.61. The Morgan fingerprint density at radius 3 is 2.16 bits per heavy atom. The number of hydrogen-bond acceptors (Lipinski definition) is 2. The lowest BCUT2D eigenvalue weighted by Crippen LogP contribution is -2.45. The molecule has 0 unspecified atom stereocenters. The number of carbonyl (C=O) groups is 1. The van der Waals surface area contributed by atoms with E-state index < -0.39 is 12.1 Å². The molecule has 0 N–H and O–H groups in total. The van der Waals surface area contributed by atoms with Crippen LogP contribution in [-0.2, 0) is 4.79 Å². The van der Waals surface area contributed by atoms with Crippen molar-refractivity contribution in [3.8, 4) is 0 Å². The lowest BCUT2D eigenvalue weighted by atomic mass is 9.89. The Morgan fingerprint density at radius 2 is 1.68 bits per heavy atom. The van der Waals surface area contributed by atoms with E-state index in [4.69, 9.17) is 0 Å². The Balaban J connectivity index is 1.96. The molecule has 0 radical (unpaired) electrons. The minimum atomic E-state index is -4.76. The number of hydrogen-bond donors (Lipinski definition) is 1. The number of halogens is 3. The number of nitrogens with zero attached hydrogens (tertiary/aromatic N) is 1. The van der Waals surface area contributed by atoms with Crippen molar-refractivity contribution in [2.24, 2.45) is 0 Å². The van der Waals surface area contributed by atoms with E-state index in [2.05, 4.69) is 12.6 Å². The predicted molar refractivity (Wildman–Crippen MR) is 68.3 cm³/mol. The fourth-order valence-corrected chi connectivity index (χ4v) is 2.49. The minimum Gasteiger partial charge on any atom is -0.335 e. The smallest absolute Gasteiger partial charge is 0.335 e. The molecule has 104 valence electrons. The minimum absolute atomic E-state index is 0.158. The normalized spacial score (nSPS) is 17.6. The second-order valence-corrected chi connectivity index (χ2v) is 5.17. The van der Waals surface area contributed by atoms with Gasteiger partial charge in [-0.05, 0) is 36.5 Å². The van der Waals surface area contributed by atoms with Crippen LogP contribution in [-0.4, -0.2) is 30.1 Å². The number of thiol groups is 1. The van der Waals surface area contributed by atoms with Crippen molar-refractivity contribution in [2.45, 2.75) is 29.8 Å². The lowest BCUT2D eigenvalue weighted by molar-refractivity contribution is -0.186. The fraction of sp³-hybridized carbons (Fsp3) is 0.462. The Kier molecular flexibility index (Phi) is 4.08. The van der Waals surface area contributed by atoms with Crippen LogP contribution in [0.4, 0.5) is 13.2 Å². The number of carbonyl (C=O) groups excluding carboxylic acids is 1. The third-order valence-corrected chi connectivity index (χ3v) is 3.69. The Bertz CT molecular complexity index is 450. The van der Waals surface area contributed by atoms with E-state index in [1.165, 1.54) is 0 Å². The molecule has 0 bridgehead atoms. The summed E-state index contributed by atoms with van der Waals surface area (Å²) in [5.74, 6) is -1.51. The maximum absolute atomic E-state index is 12.3. The second-order valence-electron chi connectivity index (χ2n) is 4.66. The lowest BCUT2D eigenvalue weighted by Gasteiger charge is -2.32.